The Kier molecular flexibility index (Phi) is 11.3. The fourth-order valence-corrected chi connectivity index (χ4v) is 2.32. The average molecular weight is 503 g/mol. The first-order valence-electron chi connectivity index (χ1n) is 8.85. The molecular formula is C20H27FIN3O3. The highest BCUT2D eigenvalue weighted by Gasteiger charge is 2.07. The summed E-state index contributed by atoms with van der Waals surface area (Å²) in [5.74, 6) is 1.78. The van der Waals surface area contributed by atoms with Crippen molar-refractivity contribution in [3.63, 3.8) is 0 Å². The van der Waals surface area contributed by atoms with E-state index < -0.39 is 6.10 Å². The Bertz CT molecular complexity index is 712. The number of guanidine groups is 1. The third-order valence-corrected chi connectivity index (χ3v) is 3.74. The highest BCUT2D eigenvalue weighted by atomic mass is 127. The van der Waals surface area contributed by atoms with Gasteiger partial charge in [0.25, 0.3) is 0 Å². The lowest BCUT2D eigenvalue weighted by Crippen LogP contribution is -2.39. The number of aliphatic hydroxyl groups is 1. The van der Waals surface area contributed by atoms with Crippen LogP contribution in [0.4, 0.5) is 4.39 Å². The number of halogens is 2. The lowest BCUT2D eigenvalue weighted by atomic mass is 10.1. The number of hydrogen-bond donors (Lipinski definition) is 3. The summed E-state index contributed by atoms with van der Waals surface area (Å²) >= 11 is 0. The maximum absolute atomic E-state index is 13.0. The van der Waals surface area contributed by atoms with Gasteiger partial charge in [0.1, 0.15) is 23.9 Å². The summed E-state index contributed by atoms with van der Waals surface area (Å²) in [5.41, 5.74) is 0.624. The summed E-state index contributed by atoms with van der Waals surface area (Å²) in [6.45, 7) is 3.82. The number of rotatable bonds is 9. The molecule has 1 unspecified atom stereocenters. The van der Waals surface area contributed by atoms with Crippen LogP contribution in [-0.4, -0.2) is 44.4 Å². The zero-order valence-corrected chi connectivity index (χ0v) is 18.4. The number of aliphatic hydroxyl groups excluding tert-OH is 1. The van der Waals surface area contributed by atoms with Gasteiger partial charge in [-0.05, 0) is 48.9 Å². The third kappa shape index (κ3) is 8.30. The fraction of sp³-hybridized carbons (Fsp3) is 0.350. The van der Waals surface area contributed by atoms with Gasteiger partial charge < -0.3 is 25.2 Å². The van der Waals surface area contributed by atoms with Crippen LogP contribution in [0.15, 0.2) is 53.5 Å². The minimum absolute atomic E-state index is 0. The van der Waals surface area contributed by atoms with Gasteiger partial charge in [0, 0.05) is 6.54 Å². The molecule has 3 N–H and O–H groups in total. The maximum atomic E-state index is 13.0. The monoisotopic (exact) mass is 503 g/mol. The van der Waals surface area contributed by atoms with Gasteiger partial charge in [-0.3, -0.25) is 4.99 Å². The van der Waals surface area contributed by atoms with Gasteiger partial charge in [-0.25, -0.2) is 4.39 Å². The van der Waals surface area contributed by atoms with Crippen LogP contribution in [0.25, 0.3) is 0 Å². The molecule has 0 aliphatic heterocycles. The molecule has 0 radical (unpaired) electrons. The van der Waals surface area contributed by atoms with E-state index in [2.05, 4.69) is 15.6 Å². The van der Waals surface area contributed by atoms with E-state index in [1.165, 1.54) is 12.1 Å². The van der Waals surface area contributed by atoms with Crippen LogP contribution in [0, 0.1) is 5.82 Å². The van der Waals surface area contributed by atoms with E-state index in [9.17, 15) is 9.50 Å². The van der Waals surface area contributed by atoms with Crippen LogP contribution >= 0.6 is 24.0 Å². The fourth-order valence-electron chi connectivity index (χ4n) is 2.32. The van der Waals surface area contributed by atoms with Gasteiger partial charge in [-0.2, -0.15) is 0 Å². The van der Waals surface area contributed by atoms with Crippen molar-refractivity contribution >= 4 is 29.9 Å². The Morgan fingerprint density at radius 3 is 2.32 bits per heavy atom. The highest BCUT2D eigenvalue weighted by molar-refractivity contribution is 14.0. The molecular weight excluding hydrogens is 476 g/mol. The van der Waals surface area contributed by atoms with E-state index >= 15 is 0 Å². The number of methoxy groups -OCH3 is 1. The smallest absolute Gasteiger partial charge is 0.191 e. The van der Waals surface area contributed by atoms with Crippen molar-refractivity contribution in [3.05, 3.63) is 59.9 Å². The first kappa shape index (κ1) is 24.0. The SMILES string of the molecule is CCNC(=NCC(O)c1ccc(F)cc1)NCCOc1ccc(OC)cc1.I. The predicted octanol–water partition coefficient (Wildman–Crippen LogP) is 3.12. The van der Waals surface area contributed by atoms with Crippen LogP contribution in [0.5, 0.6) is 11.5 Å². The molecule has 2 aromatic rings. The Morgan fingerprint density at radius 2 is 1.71 bits per heavy atom. The highest BCUT2D eigenvalue weighted by Crippen LogP contribution is 2.16. The third-order valence-electron chi connectivity index (χ3n) is 3.74. The molecule has 0 fully saturated rings. The van der Waals surface area contributed by atoms with Crippen molar-refractivity contribution in [2.24, 2.45) is 4.99 Å². The van der Waals surface area contributed by atoms with Crippen molar-refractivity contribution in [2.45, 2.75) is 13.0 Å². The molecule has 2 aromatic carbocycles. The van der Waals surface area contributed by atoms with Crippen LogP contribution in [-0.2, 0) is 0 Å². The molecule has 1 atom stereocenters. The number of ether oxygens (including phenoxy) is 2. The predicted molar refractivity (Wildman–Crippen MR) is 119 cm³/mol. The van der Waals surface area contributed by atoms with Crippen LogP contribution in [0.3, 0.4) is 0 Å². The summed E-state index contributed by atoms with van der Waals surface area (Å²) < 4.78 is 23.7. The molecule has 0 aromatic heterocycles. The molecule has 0 aliphatic carbocycles. The van der Waals surface area contributed by atoms with E-state index in [-0.39, 0.29) is 36.3 Å². The normalized spacial score (nSPS) is 11.9. The van der Waals surface area contributed by atoms with Gasteiger partial charge in [-0.15, -0.1) is 24.0 Å². The summed E-state index contributed by atoms with van der Waals surface area (Å²) in [7, 11) is 1.62. The van der Waals surface area contributed by atoms with Crippen molar-refractivity contribution in [1.82, 2.24) is 10.6 Å². The first-order chi connectivity index (χ1) is 13.1. The molecule has 0 saturated heterocycles. The number of aliphatic imine (C=N–C) groups is 1. The summed E-state index contributed by atoms with van der Waals surface area (Å²) in [6, 6.07) is 13.1. The molecule has 6 nitrogen and oxygen atoms in total. The molecule has 154 valence electrons. The minimum Gasteiger partial charge on any atom is -0.497 e. The van der Waals surface area contributed by atoms with Crippen molar-refractivity contribution < 1.29 is 19.0 Å². The summed E-state index contributed by atoms with van der Waals surface area (Å²) in [5, 5.41) is 16.4. The van der Waals surface area contributed by atoms with Crippen molar-refractivity contribution in [2.75, 3.05) is 33.4 Å². The summed E-state index contributed by atoms with van der Waals surface area (Å²) in [4.78, 5) is 4.36. The zero-order chi connectivity index (χ0) is 19.5. The lowest BCUT2D eigenvalue weighted by molar-refractivity contribution is 0.187. The second-order valence-electron chi connectivity index (χ2n) is 5.74. The number of nitrogens with zero attached hydrogens (tertiary/aromatic N) is 1. The Morgan fingerprint density at radius 1 is 1.07 bits per heavy atom. The lowest BCUT2D eigenvalue weighted by Gasteiger charge is -2.14. The quantitative estimate of drug-likeness (QED) is 0.212. The number of benzene rings is 2. The van der Waals surface area contributed by atoms with Crippen LogP contribution in [0.1, 0.15) is 18.6 Å². The van der Waals surface area contributed by atoms with Gasteiger partial charge >= 0.3 is 0 Å². The van der Waals surface area contributed by atoms with E-state index in [4.69, 9.17) is 9.47 Å². The van der Waals surface area contributed by atoms with E-state index in [1.807, 2.05) is 31.2 Å². The Balaban J connectivity index is 0.00000392. The zero-order valence-electron chi connectivity index (χ0n) is 16.0. The molecule has 0 aliphatic rings. The molecule has 0 spiro atoms. The molecule has 0 bridgehead atoms. The molecule has 0 amide bonds. The molecule has 28 heavy (non-hydrogen) atoms. The van der Waals surface area contributed by atoms with Gasteiger partial charge in [-0.1, -0.05) is 12.1 Å². The largest absolute Gasteiger partial charge is 0.497 e. The Labute approximate surface area is 182 Å². The van der Waals surface area contributed by atoms with Gasteiger partial charge in [0.2, 0.25) is 0 Å². The van der Waals surface area contributed by atoms with E-state index in [1.54, 1.807) is 19.2 Å². The second-order valence-corrected chi connectivity index (χ2v) is 5.74. The molecule has 8 heteroatoms. The Hall–Kier alpha value is -2.07. The number of hydrogen-bond acceptors (Lipinski definition) is 4. The second kappa shape index (κ2) is 13.2. The summed E-state index contributed by atoms with van der Waals surface area (Å²) in [6.07, 6.45) is -0.795. The minimum atomic E-state index is -0.795. The maximum Gasteiger partial charge on any atom is 0.191 e. The molecule has 0 saturated carbocycles. The topological polar surface area (TPSA) is 75.1 Å². The number of nitrogens with one attached hydrogen (secondary N) is 2. The van der Waals surface area contributed by atoms with Crippen LogP contribution in [0.2, 0.25) is 0 Å². The van der Waals surface area contributed by atoms with E-state index in [0.29, 0.717) is 31.2 Å². The first-order valence-corrected chi connectivity index (χ1v) is 8.85. The van der Waals surface area contributed by atoms with E-state index in [0.717, 1.165) is 11.5 Å². The van der Waals surface area contributed by atoms with Crippen molar-refractivity contribution in [1.29, 1.82) is 0 Å². The van der Waals surface area contributed by atoms with Gasteiger partial charge in [0.05, 0.1) is 26.3 Å². The van der Waals surface area contributed by atoms with Crippen molar-refractivity contribution in [3.8, 4) is 11.5 Å². The van der Waals surface area contributed by atoms with Crippen LogP contribution < -0.4 is 20.1 Å². The average Bonchev–Trinajstić information content (AvgIpc) is 2.70. The standard InChI is InChI=1S/C20H26FN3O3.HI/c1-3-22-20(24-14-19(25)15-4-6-16(21)7-5-15)23-12-13-27-18-10-8-17(26-2)9-11-18;/h4-11,19,25H,3,12-14H2,1-2H3,(H2,22,23,24);1H. The molecule has 2 rings (SSSR count). The molecule has 0 heterocycles. The van der Waals surface area contributed by atoms with Gasteiger partial charge in [0.15, 0.2) is 5.96 Å².